The average molecular weight is 308 g/mol. The molecular formula is C20H24N2O. The summed E-state index contributed by atoms with van der Waals surface area (Å²) in [5.74, 6) is 0.933. The second kappa shape index (κ2) is 6.47. The van der Waals surface area contributed by atoms with Crippen LogP contribution in [-0.4, -0.2) is 4.57 Å². The standard InChI is InChI=1S/C20H24N2O/c1-14(2)22-12-17(13-23-19-10-5-4-7-15(19)3)20-16(11-21)8-6-9-18(20)22/h4-10,12,14H,11,13,21H2,1-3H3. The number of nitrogens with two attached hydrogens (primary N) is 1. The van der Waals surface area contributed by atoms with Crippen LogP contribution in [0.5, 0.6) is 5.75 Å². The van der Waals surface area contributed by atoms with Gasteiger partial charge in [-0.3, -0.25) is 0 Å². The van der Waals surface area contributed by atoms with Gasteiger partial charge in [0.1, 0.15) is 12.4 Å². The van der Waals surface area contributed by atoms with Crippen LogP contribution in [0.15, 0.2) is 48.7 Å². The van der Waals surface area contributed by atoms with Crippen molar-refractivity contribution >= 4 is 10.9 Å². The van der Waals surface area contributed by atoms with Gasteiger partial charge in [0, 0.05) is 35.2 Å². The van der Waals surface area contributed by atoms with Crippen LogP contribution < -0.4 is 10.5 Å². The van der Waals surface area contributed by atoms with Crippen molar-refractivity contribution < 1.29 is 4.74 Å². The number of rotatable bonds is 5. The summed E-state index contributed by atoms with van der Waals surface area (Å²) < 4.78 is 8.37. The van der Waals surface area contributed by atoms with E-state index in [2.05, 4.69) is 55.8 Å². The third-order valence-electron chi connectivity index (χ3n) is 4.28. The first-order chi connectivity index (χ1) is 11.1. The second-order valence-electron chi connectivity index (χ2n) is 6.22. The minimum absolute atomic E-state index is 0.401. The van der Waals surface area contributed by atoms with Crippen molar-refractivity contribution in [2.24, 2.45) is 5.73 Å². The van der Waals surface area contributed by atoms with Gasteiger partial charge in [0.25, 0.3) is 0 Å². The number of hydrogen-bond acceptors (Lipinski definition) is 2. The van der Waals surface area contributed by atoms with Gasteiger partial charge in [0.15, 0.2) is 0 Å². The Bertz CT molecular complexity index is 818. The molecule has 0 atom stereocenters. The molecule has 0 amide bonds. The number of aryl methyl sites for hydroxylation is 1. The lowest BCUT2D eigenvalue weighted by molar-refractivity contribution is 0.305. The number of nitrogens with zero attached hydrogens (tertiary/aromatic N) is 1. The Hall–Kier alpha value is -2.26. The summed E-state index contributed by atoms with van der Waals surface area (Å²) in [6.07, 6.45) is 2.20. The zero-order valence-electron chi connectivity index (χ0n) is 14.0. The summed E-state index contributed by atoms with van der Waals surface area (Å²) in [4.78, 5) is 0. The first kappa shape index (κ1) is 15.6. The Balaban J connectivity index is 2.01. The predicted molar refractivity (Wildman–Crippen MR) is 95.7 cm³/mol. The molecule has 0 fully saturated rings. The molecule has 0 bridgehead atoms. The molecule has 120 valence electrons. The van der Waals surface area contributed by atoms with Crippen LogP contribution >= 0.6 is 0 Å². The van der Waals surface area contributed by atoms with Gasteiger partial charge in [0.2, 0.25) is 0 Å². The molecule has 3 nitrogen and oxygen atoms in total. The molecule has 0 saturated carbocycles. The van der Waals surface area contributed by atoms with E-state index < -0.39 is 0 Å². The van der Waals surface area contributed by atoms with Crippen LogP contribution in [0, 0.1) is 6.92 Å². The first-order valence-electron chi connectivity index (χ1n) is 8.11. The summed E-state index contributed by atoms with van der Waals surface area (Å²) >= 11 is 0. The SMILES string of the molecule is Cc1ccccc1OCc1cn(C(C)C)c2cccc(CN)c12. The molecule has 0 spiro atoms. The van der Waals surface area contributed by atoms with Crippen LogP contribution in [0.2, 0.25) is 0 Å². The molecule has 0 radical (unpaired) electrons. The maximum absolute atomic E-state index is 6.07. The van der Waals surface area contributed by atoms with Gasteiger partial charge in [-0.1, -0.05) is 30.3 Å². The van der Waals surface area contributed by atoms with Gasteiger partial charge in [-0.25, -0.2) is 0 Å². The zero-order chi connectivity index (χ0) is 16.4. The third-order valence-corrected chi connectivity index (χ3v) is 4.28. The highest BCUT2D eigenvalue weighted by atomic mass is 16.5. The van der Waals surface area contributed by atoms with Crippen molar-refractivity contribution in [2.75, 3.05) is 0 Å². The lowest BCUT2D eigenvalue weighted by atomic mass is 10.1. The monoisotopic (exact) mass is 308 g/mol. The summed E-state index contributed by atoms with van der Waals surface area (Å²) in [7, 11) is 0. The fraction of sp³-hybridized carbons (Fsp3) is 0.300. The number of fused-ring (bicyclic) bond motifs is 1. The molecule has 3 rings (SSSR count). The van der Waals surface area contributed by atoms with E-state index in [4.69, 9.17) is 10.5 Å². The van der Waals surface area contributed by atoms with Gasteiger partial charge in [-0.2, -0.15) is 0 Å². The lowest BCUT2D eigenvalue weighted by Gasteiger charge is -2.09. The van der Waals surface area contributed by atoms with Gasteiger partial charge < -0.3 is 15.0 Å². The summed E-state index contributed by atoms with van der Waals surface area (Å²) in [6, 6.07) is 14.9. The van der Waals surface area contributed by atoms with Gasteiger partial charge in [0.05, 0.1) is 0 Å². The van der Waals surface area contributed by atoms with Crippen molar-refractivity contribution in [3.63, 3.8) is 0 Å². The Labute approximate surface area is 137 Å². The Kier molecular flexibility index (Phi) is 4.39. The molecule has 0 aliphatic rings. The molecule has 3 aromatic rings. The smallest absolute Gasteiger partial charge is 0.122 e. The van der Waals surface area contributed by atoms with Crippen molar-refractivity contribution in [2.45, 2.75) is 40.0 Å². The van der Waals surface area contributed by atoms with E-state index in [0.717, 1.165) is 11.3 Å². The van der Waals surface area contributed by atoms with Crippen LogP contribution in [0.1, 0.15) is 36.6 Å². The van der Waals surface area contributed by atoms with Gasteiger partial charge in [-0.15, -0.1) is 0 Å². The Morgan fingerprint density at radius 2 is 1.83 bits per heavy atom. The molecule has 0 saturated heterocycles. The van der Waals surface area contributed by atoms with Crippen molar-refractivity contribution in [1.82, 2.24) is 4.57 Å². The number of aromatic nitrogens is 1. The van der Waals surface area contributed by atoms with Crippen molar-refractivity contribution in [1.29, 1.82) is 0 Å². The van der Waals surface area contributed by atoms with Gasteiger partial charge in [-0.05, 0) is 44.0 Å². The molecule has 2 aromatic carbocycles. The highest BCUT2D eigenvalue weighted by Crippen LogP contribution is 2.29. The largest absolute Gasteiger partial charge is 0.489 e. The zero-order valence-corrected chi connectivity index (χ0v) is 14.0. The van der Waals surface area contributed by atoms with Crippen molar-refractivity contribution in [3.8, 4) is 5.75 Å². The number of para-hydroxylation sites is 1. The molecule has 1 heterocycles. The average Bonchev–Trinajstić information content (AvgIpc) is 2.93. The topological polar surface area (TPSA) is 40.2 Å². The van der Waals surface area contributed by atoms with Crippen LogP contribution in [-0.2, 0) is 13.2 Å². The summed E-state index contributed by atoms with van der Waals surface area (Å²) in [5, 5.41) is 1.23. The molecule has 0 aliphatic carbocycles. The Morgan fingerprint density at radius 1 is 1.04 bits per heavy atom. The van der Waals surface area contributed by atoms with Crippen LogP contribution in [0.3, 0.4) is 0 Å². The summed E-state index contributed by atoms with van der Waals surface area (Å²) in [5.41, 5.74) is 10.7. The molecule has 3 heteroatoms. The molecular weight excluding hydrogens is 284 g/mol. The summed E-state index contributed by atoms with van der Waals surface area (Å²) in [6.45, 7) is 7.55. The highest BCUT2D eigenvalue weighted by molar-refractivity contribution is 5.87. The maximum atomic E-state index is 6.07. The molecule has 23 heavy (non-hydrogen) atoms. The number of benzene rings is 2. The Morgan fingerprint density at radius 3 is 2.52 bits per heavy atom. The maximum Gasteiger partial charge on any atom is 0.122 e. The van der Waals surface area contributed by atoms with E-state index in [1.54, 1.807) is 0 Å². The molecule has 2 N–H and O–H groups in total. The molecule has 0 unspecified atom stereocenters. The van der Waals surface area contributed by atoms with E-state index in [0.29, 0.717) is 19.2 Å². The minimum atomic E-state index is 0.401. The fourth-order valence-corrected chi connectivity index (χ4v) is 3.06. The van der Waals surface area contributed by atoms with E-state index in [-0.39, 0.29) is 0 Å². The van der Waals surface area contributed by atoms with E-state index in [1.165, 1.54) is 22.0 Å². The van der Waals surface area contributed by atoms with E-state index in [1.807, 2.05) is 18.2 Å². The van der Waals surface area contributed by atoms with Crippen molar-refractivity contribution in [3.05, 3.63) is 65.4 Å². The van der Waals surface area contributed by atoms with E-state index in [9.17, 15) is 0 Å². The fourth-order valence-electron chi connectivity index (χ4n) is 3.06. The minimum Gasteiger partial charge on any atom is -0.489 e. The second-order valence-corrected chi connectivity index (χ2v) is 6.22. The quantitative estimate of drug-likeness (QED) is 0.750. The predicted octanol–water partition coefficient (Wildman–Crippen LogP) is 4.57. The highest BCUT2D eigenvalue weighted by Gasteiger charge is 2.14. The van der Waals surface area contributed by atoms with E-state index >= 15 is 0 Å². The normalized spacial score (nSPS) is 11.3. The lowest BCUT2D eigenvalue weighted by Crippen LogP contribution is -2.00. The van der Waals surface area contributed by atoms with Crippen LogP contribution in [0.25, 0.3) is 10.9 Å². The first-order valence-corrected chi connectivity index (χ1v) is 8.11. The molecule has 0 aliphatic heterocycles. The third kappa shape index (κ3) is 2.97. The number of hydrogen-bond donors (Lipinski definition) is 1. The number of ether oxygens (including phenoxy) is 1. The van der Waals surface area contributed by atoms with Gasteiger partial charge >= 0.3 is 0 Å². The molecule has 1 aromatic heterocycles. The van der Waals surface area contributed by atoms with Crippen LogP contribution in [0.4, 0.5) is 0 Å².